The maximum absolute atomic E-state index is 11.8. The first-order valence-electron chi connectivity index (χ1n) is 6.62. The fourth-order valence-electron chi connectivity index (χ4n) is 2.20. The molecule has 1 aliphatic rings. The summed E-state index contributed by atoms with van der Waals surface area (Å²) in [5.41, 5.74) is 0.156. The molecule has 0 saturated carbocycles. The molecular formula is C14H17ClN2O3. The van der Waals surface area contributed by atoms with Crippen LogP contribution in [-0.2, 0) is 4.79 Å². The largest absolute Gasteiger partial charge is 0.507 e. The molecule has 20 heavy (non-hydrogen) atoms. The Morgan fingerprint density at radius 2 is 2.00 bits per heavy atom. The lowest BCUT2D eigenvalue weighted by atomic mass is 10.2. The number of halogens is 1. The van der Waals surface area contributed by atoms with E-state index in [2.05, 4.69) is 5.32 Å². The molecule has 0 aliphatic carbocycles. The highest BCUT2D eigenvalue weighted by molar-refractivity contribution is 6.30. The third-order valence-electron chi connectivity index (χ3n) is 3.29. The number of hydrogen-bond donors (Lipinski definition) is 2. The number of nitrogens with one attached hydrogen (secondary N) is 1. The van der Waals surface area contributed by atoms with E-state index in [-0.39, 0.29) is 30.2 Å². The van der Waals surface area contributed by atoms with Gasteiger partial charge in [0, 0.05) is 31.1 Å². The number of hydrogen-bond acceptors (Lipinski definition) is 3. The molecule has 0 radical (unpaired) electrons. The zero-order valence-corrected chi connectivity index (χ0v) is 11.8. The summed E-state index contributed by atoms with van der Waals surface area (Å²) in [5.74, 6) is -0.516. The van der Waals surface area contributed by atoms with Crippen LogP contribution in [0.3, 0.4) is 0 Å². The van der Waals surface area contributed by atoms with Crippen LogP contribution in [0.4, 0.5) is 0 Å². The van der Waals surface area contributed by atoms with Crippen molar-refractivity contribution in [3.8, 4) is 5.75 Å². The van der Waals surface area contributed by atoms with Gasteiger partial charge in [-0.2, -0.15) is 0 Å². The van der Waals surface area contributed by atoms with E-state index < -0.39 is 5.91 Å². The quantitative estimate of drug-likeness (QED) is 0.890. The van der Waals surface area contributed by atoms with Crippen molar-refractivity contribution in [3.05, 3.63) is 28.8 Å². The zero-order valence-electron chi connectivity index (χ0n) is 11.1. The van der Waals surface area contributed by atoms with Crippen molar-refractivity contribution >= 4 is 23.4 Å². The van der Waals surface area contributed by atoms with Crippen LogP contribution in [0.1, 0.15) is 29.6 Å². The first kappa shape index (κ1) is 14.7. The van der Waals surface area contributed by atoms with Crippen molar-refractivity contribution in [2.75, 3.05) is 19.6 Å². The van der Waals surface area contributed by atoms with E-state index in [1.54, 1.807) is 0 Å². The molecule has 108 valence electrons. The molecule has 1 fully saturated rings. The molecule has 1 saturated heterocycles. The molecule has 0 unspecified atom stereocenters. The molecule has 0 aromatic heterocycles. The second kappa shape index (κ2) is 6.61. The van der Waals surface area contributed by atoms with Crippen LogP contribution in [0.15, 0.2) is 18.2 Å². The van der Waals surface area contributed by atoms with Gasteiger partial charge in [-0.3, -0.25) is 9.59 Å². The van der Waals surface area contributed by atoms with Crippen LogP contribution in [0.2, 0.25) is 5.02 Å². The minimum atomic E-state index is -0.409. The molecule has 1 aromatic rings. The Balaban J connectivity index is 1.81. The molecule has 0 atom stereocenters. The van der Waals surface area contributed by atoms with Crippen molar-refractivity contribution in [1.82, 2.24) is 10.2 Å². The van der Waals surface area contributed by atoms with Crippen LogP contribution in [0, 0.1) is 0 Å². The smallest absolute Gasteiger partial charge is 0.255 e. The lowest BCUT2D eigenvalue weighted by molar-refractivity contribution is -0.129. The Morgan fingerprint density at radius 3 is 2.65 bits per heavy atom. The Kier molecular flexibility index (Phi) is 4.84. The third-order valence-corrected chi connectivity index (χ3v) is 3.52. The van der Waals surface area contributed by atoms with Gasteiger partial charge in [-0.05, 0) is 31.0 Å². The molecular weight excluding hydrogens is 280 g/mol. The minimum absolute atomic E-state index is 0.0585. The summed E-state index contributed by atoms with van der Waals surface area (Å²) < 4.78 is 0. The van der Waals surface area contributed by atoms with Gasteiger partial charge in [-0.25, -0.2) is 0 Å². The van der Waals surface area contributed by atoms with Crippen molar-refractivity contribution in [2.24, 2.45) is 0 Å². The number of carbonyl (C=O) groups is 2. The number of amides is 2. The molecule has 0 spiro atoms. The first-order chi connectivity index (χ1) is 9.58. The van der Waals surface area contributed by atoms with E-state index in [9.17, 15) is 14.7 Å². The summed E-state index contributed by atoms with van der Waals surface area (Å²) in [6.07, 6.45) is 2.38. The minimum Gasteiger partial charge on any atom is -0.507 e. The predicted molar refractivity (Wildman–Crippen MR) is 75.9 cm³/mol. The Bertz CT molecular complexity index is 513. The third kappa shape index (κ3) is 3.63. The number of benzene rings is 1. The van der Waals surface area contributed by atoms with E-state index in [1.165, 1.54) is 18.2 Å². The Hall–Kier alpha value is -1.75. The van der Waals surface area contributed by atoms with Crippen molar-refractivity contribution in [3.63, 3.8) is 0 Å². The molecule has 1 heterocycles. The maximum Gasteiger partial charge on any atom is 0.255 e. The molecule has 1 aliphatic heterocycles. The number of carbonyl (C=O) groups excluding carboxylic acids is 2. The van der Waals surface area contributed by atoms with Gasteiger partial charge in [-0.15, -0.1) is 0 Å². The van der Waals surface area contributed by atoms with E-state index in [0.29, 0.717) is 5.02 Å². The highest BCUT2D eigenvalue weighted by atomic mass is 35.5. The highest BCUT2D eigenvalue weighted by Crippen LogP contribution is 2.21. The average Bonchev–Trinajstić information content (AvgIpc) is 2.92. The predicted octanol–water partition coefficient (Wildman–Crippen LogP) is 1.79. The summed E-state index contributed by atoms with van der Waals surface area (Å²) in [6.45, 7) is 1.88. The molecule has 6 heteroatoms. The summed E-state index contributed by atoms with van der Waals surface area (Å²) in [4.78, 5) is 25.4. The van der Waals surface area contributed by atoms with Gasteiger partial charge in [0.15, 0.2) is 0 Å². The van der Waals surface area contributed by atoms with Crippen LogP contribution in [0.25, 0.3) is 0 Å². The molecule has 5 nitrogen and oxygen atoms in total. The average molecular weight is 297 g/mol. The fraction of sp³-hybridized carbons (Fsp3) is 0.429. The van der Waals surface area contributed by atoms with Crippen molar-refractivity contribution in [1.29, 1.82) is 0 Å². The van der Waals surface area contributed by atoms with Gasteiger partial charge in [-0.1, -0.05) is 11.6 Å². The van der Waals surface area contributed by atoms with Gasteiger partial charge >= 0.3 is 0 Å². The van der Waals surface area contributed by atoms with Gasteiger partial charge < -0.3 is 15.3 Å². The van der Waals surface area contributed by atoms with E-state index in [4.69, 9.17) is 11.6 Å². The molecule has 2 amide bonds. The summed E-state index contributed by atoms with van der Waals surface area (Å²) in [5, 5.41) is 12.6. The van der Waals surface area contributed by atoms with Gasteiger partial charge in [0.25, 0.3) is 5.91 Å². The normalized spacial score (nSPS) is 14.3. The summed E-state index contributed by atoms with van der Waals surface area (Å²) >= 11 is 5.70. The number of phenols is 1. The topological polar surface area (TPSA) is 69.6 Å². The second-order valence-corrected chi connectivity index (χ2v) is 5.19. The SMILES string of the molecule is O=C(NCCC(=O)N1CCCC1)c1ccc(Cl)cc1O. The number of nitrogens with zero attached hydrogens (tertiary/aromatic N) is 1. The van der Waals surface area contributed by atoms with E-state index in [1.807, 2.05) is 4.90 Å². The summed E-state index contributed by atoms with van der Waals surface area (Å²) in [6, 6.07) is 4.30. The lowest BCUT2D eigenvalue weighted by Crippen LogP contribution is -2.32. The molecule has 0 bridgehead atoms. The standard InChI is InChI=1S/C14H17ClN2O3/c15-10-3-4-11(12(18)9-10)14(20)16-6-5-13(19)17-7-1-2-8-17/h3-4,9,18H,1-2,5-8H2,(H,16,20). The monoisotopic (exact) mass is 296 g/mol. The number of phenolic OH excluding ortho intramolecular Hbond substituents is 1. The number of aromatic hydroxyl groups is 1. The van der Waals surface area contributed by atoms with E-state index >= 15 is 0 Å². The van der Waals surface area contributed by atoms with Crippen LogP contribution in [0.5, 0.6) is 5.75 Å². The van der Waals surface area contributed by atoms with Crippen LogP contribution in [-0.4, -0.2) is 41.5 Å². The number of likely N-dealkylation sites (tertiary alicyclic amines) is 1. The second-order valence-electron chi connectivity index (χ2n) is 4.76. The van der Waals surface area contributed by atoms with Crippen molar-refractivity contribution < 1.29 is 14.7 Å². The van der Waals surface area contributed by atoms with Gasteiger partial charge in [0.05, 0.1) is 5.56 Å². The van der Waals surface area contributed by atoms with Gasteiger partial charge in [0.1, 0.15) is 5.75 Å². The van der Waals surface area contributed by atoms with Crippen LogP contribution < -0.4 is 5.32 Å². The molecule has 2 rings (SSSR count). The Morgan fingerprint density at radius 1 is 1.30 bits per heavy atom. The Labute approximate surface area is 122 Å². The first-order valence-corrected chi connectivity index (χ1v) is 7.00. The fourth-order valence-corrected chi connectivity index (χ4v) is 2.37. The lowest BCUT2D eigenvalue weighted by Gasteiger charge is -2.15. The maximum atomic E-state index is 11.8. The van der Waals surface area contributed by atoms with E-state index in [0.717, 1.165) is 25.9 Å². The van der Waals surface area contributed by atoms with Crippen LogP contribution >= 0.6 is 11.6 Å². The van der Waals surface area contributed by atoms with Gasteiger partial charge in [0.2, 0.25) is 5.91 Å². The zero-order chi connectivity index (χ0) is 14.5. The molecule has 1 aromatic carbocycles. The molecule has 2 N–H and O–H groups in total. The highest BCUT2D eigenvalue weighted by Gasteiger charge is 2.18. The van der Waals surface area contributed by atoms with Crippen molar-refractivity contribution in [2.45, 2.75) is 19.3 Å². The summed E-state index contributed by atoms with van der Waals surface area (Å²) in [7, 11) is 0. The number of rotatable bonds is 4.